The van der Waals surface area contributed by atoms with Crippen LogP contribution in [0.1, 0.15) is 53.3 Å². The van der Waals surface area contributed by atoms with Crippen LogP contribution in [0.3, 0.4) is 0 Å². The lowest BCUT2D eigenvalue weighted by Gasteiger charge is -2.32. The molecule has 172 valence electrons. The third kappa shape index (κ3) is 5.88. The lowest BCUT2D eigenvalue weighted by Crippen LogP contribution is -2.46. The molecule has 1 N–H and O–H groups in total. The summed E-state index contributed by atoms with van der Waals surface area (Å²) in [5.74, 6) is -1.01. The van der Waals surface area contributed by atoms with Crippen molar-refractivity contribution in [3.8, 4) is 0 Å². The molecule has 6 heteroatoms. The van der Waals surface area contributed by atoms with Crippen molar-refractivity contribution >= 4 is 23.2 Å². The molecule has 1 aliphatic rings. The number of hydrogen-bond acceptors (Lipinski definition) is 3. The molecule has 1 saturated carbocycles. The van der Waals surface area contributed by atoms with Crippen molar-refractivity contribution < 1.29 is 14.0 Å². The van der Waals surface area contributed by atoms with Crippen molar-refractivity contribution in [1.82, 2.24) is 10.2 Å². The summed E-state index contributed by atoms with van der Waals surface area (Å²) < 4.78 is 15.0. The second-order valence-corrected chi connectivity index (χ2v) is 9.71. The zero-order chi connectivity index (χ0) is 23.2. The number of hydrogen-bond donors (Lipinski definition) is 1. The van der Waals surface area contributed by atoms with Crippen LogP contribution < -0.4 is 5.32 Å². The third-order valence-electron chi connectivity index (χ3n) is 6.16. The van der Waals surface area contributed by atoms with E-state index in [0.717, 1.165) is 41.7 Å². The zero-order valence-electron chi connectivity index (χ0n) is 18.8. The van der Waals surface area contributed by atoms with Gasteiger partial charge in [-0.2, -0.15) is 0 Å². The summed E-state index contributed by atoms with van der Waals surface area (Å²) in [6, 6.07) is 17.0. The van der Waals surface area contributed by atoms with Gasteiger partial charge in [-0.3, -0.25) is 9.59 Å². The maximum Gasteiger partial charge on any atom is 0.247 e. The number of carbonyl (C=O) groups excluding carboxylic acids is 2. The van der Waals surface area contributed by atoms with Crippen LogP contribution >= 0.6 is 11.3 Å². The number of amides is 2. The van der Waals surface area contributed by atoms with Gasteiger partial charge in [0.05, 0.1) is 6.42 Å². The number of nitrogens with one attached hydrogen (secondary N) is 1. The SMILES string of the molecule is Cc1ccc(CN(C(=O)Cc2cccs2)[C@H](C(=O)NC2CCCC2)c2ccccc2F)cc1. The zero-order valence-corrected chi connectivity index (χ0v) is 19.6. The summed E-state index contributed by atoms with van der Waals surface area (Å²) >= 11 is 1.50. The second-order valence-electron chi connectivity index (χ2n) is 8.68. The molecule has 4 rings (SSSR count). The lowest BCUT2D eigenvalue weighted by atomic mass is 10.0. The van der Waals surface area contributed by atoms with Gasteiger partial charge >= 0.3 is 0 Å². The molecule has 33 heavy (non-hydrogen) atoms. The summed E-state index contributed by atoms with van der Waals surface area (Å²) in [7, 11) is 0. The van der Waals surface area contributed by atoms with Crippen molar-refractivity contribution in [2.45, 2.75) is 57.7 Å². The van der Waals surface area contributed by atoms with E-state index in [0.29, 0.717) is 0 Å². The van der Waals surface area contributed by atoms with E-state index in [2.05, 4.69) is 5.32 Å². The summed E-state index contributed by atoms with van der Waals surface area (Å²) in [4.78, 5) is 29.6. The van der Waals surface area contributed by atoms with Crippen LogP contribution in [0.2, 0.25) is 0 Å². The van der Waals surface area contributed by atoms with Crippen LogP contribution in [-0.4, -0.2) is 22.8 Å². The topological polar surface area (TPSA) is 49.4 Å². The van der Waals surface area contributed by atoms with Gasteiger partial charge in [-0.1, -0.05) is 66.9 Å². The maximum absolute atomic E-state index is 15.0. The first kappa shape index (κ1) is 23.2. The van der Waals surface area contributed by atoms with Crippen LogP contribution in [-0.2, 0) is 22.6 Å². The molecular formula is C27H29FN2O2S. The molecule has 2 amide bonds. The highest BCUT2D eigenvalue weighted by atomic mass is 32.1. The predicted octanol–water partition coefficient (Wildman–Crippen LogP) is 5.57. The van der Waals surface area contributed by atoms with Crippen molar-refractivity contribution in [2.24, 2.45) is 0 Å². The van der Waals surface area contributed by atoms with E-state index in [9.17, 15) is 14.0 Å². The minimum Gasteiger partial charge on any atom is -0.351 e. The quantitative estimate of drug-likeness (QED) is 0.474. The highest BCUT2D eigenvalue weighted by Gasteiger charge is 2.34. The molecule has 0 saturated heterocycles. The van der Waals surface area contributed by atoms with Gasteiger partial charge in [-0.15, -0.1) is 11.3 Å². The Morgan fingerprint density at radius 3 is 2.45 bits per heavy atom. The molecule has 1 atom stereocenters. The molecule has 4 nitrogen and oxygen atoms in total. The Balaban J connectivity index is 1.71. The molecule has 1 heterocycles. The van der Waals surface area contributed by atoms with E-state index >= 15 is 0 Å². The number of nitrogens with zero attached hydrogens (tertiary/aromatic N) is 1. The molecule has 0 spiro atoms. The Morgan fingerprint density at radius 1 is 1.06 bits per heavy atom. The average molecular weight is 465 g/mol. The van der Waals surface area contributed by atoms with E-state index < -0.39 is 11.9 Å². The van der Waals surface area contributed by atoms with E-state index in [-0.39, 0.29) is 36.4 Å². The van der Waals surface area contributed by atoms with Crippen LogP contribution in [0.25, 0.3) is 0 Å². The van der Waals surface area contributed by atoms with Gasteiger partial charge in [0.25, 0.3) is 0 Å². The van der Waals surface area contributed by atoms with Crippen molar-refractivity contribution in [3.63, 3.8) is 0 Å². The molecule has 1 aromatic heterocycles. The Kier molecular flexibility index (Phi) is 7.55. The number of benzene rings is 2. The fourth-order valence-corrected chi connectivity index (χ4v) is 5.07. The first-order valence-corrected chi connectivity index (χ1v) is 12.3. The average Bonchev–Trinajstić information content (AvgIpc) is 3.50. The summed E-state index contributed by atoms with van der Waals surface area (Å²) in [5, 5.41) is 5.02. The maximum atomic E-state index is 15.0. The van der Waals surface area contributed by atoms with Crippen LogP contribution in [0.5, 0.6) is 0 Å². The van der Waals surface area contributed by atoms with Crippen molar-refractivity contribution in [1.29, 1.82) is 0 Å². The fraction of sp³-hybridized carbons (Fsp3) is 0.333. The molecule has 3 aromatic rings. The third-order valence-corrected chi connectivity index (χ3v) is 7.04. The smallest absolute Gasteiger partial charge is 0.247 e. The minimum atomic E-state index is -1.04. The van der Waals surface area contributed by atoms with Crippen LogP contribution in [0.15, 0.2) is 66.0 Å². The molecule has 0 radical (unpaired) electrons. The second kappa shape index (κ2) is 10.8. The largest absolute Gasteiger partial charge is 0.351 e. The highest BCUT2D eigenvalue weighted by Crippen LogP contribution is 2.29. The highest BCUT2D eigenvalue weighted by molar-refractivity contribution is 7.10. The number of rotatable bonds is 8. The van der Waals surface area contributed by atoms with Gasteiger partial charge in [0.1, 0.15) is 11.9 Å². The molecule has 0 bridgehead atoms. The van der Waals surface area contributed by atoms with Gasteiger partial charge < -0.3 is 10.2 Å². The molecule has 0 unspecified atom stereocenters. The molecule has 2 aromatic carbocycles. The minimum absolute atomic E-state index is 0.0698. The van der Waals surface area contributed by atoms with Gasteiger partial charge in [-0.25, -0.2) is 4.39 Å². The van der Waals surface area contributed by atoms with Gasteiger partial charge in [0.2, 0.25) is 11.8 Å². The van der Waals surface area contributed by atoms with E-state index in [1.54, 1.807) is 18.2 Å². The molecule has 1 aliphatic carbocycles. The normalized spacial score (nSPS) is 14.7. The standard InChI is InChI=1S/C27H29FN2O2S/c1-19-12-14-20(15-13-19)18-30(25(31)17-22-9-6-16-33-22)26(23-10-4-5-11-24(23)28)27(32)29-21-7-2-3-8-21/h4-6,9-16,21,26H,2-3,7-8,17-18H2,1H3,(H,29,32)/t26-/m0/s1. The van der Waals surface area contributed by atoms with E-state index in [1.807, 2.05) is 48.7 Å². The van der Waals surface area contributed by atoms with Gasteiger partial charge in [0, 0.05) is 23.0 Å². The monoisotopic (exact) mass is 464 g/mol. The lowest BCUT2D eigenvalue weighted by molar-refractivity contribution is -0.141. The van der Waals surface area contributed by atoms with Gasteiger partial charge in [0.15, 0.2) is 0 Å². The fourth-order valence-electron chi connectivity index (χ4n) is 4.38. The van der Waals surface area contributed by atoms with Crippen LogP contribution in [0.4, 0.5) is 4.39 Å². The molecular weight excluding hydrogens is 435 g/mol. The summed E-state index contributed by atoms with van der Waals surface area (Å²) in [6.07, 6.45) is 4.14. The number of thiophene rings is 1. The van der Waals surface area contributed by atoms with Crippen LogP contribution in [0, 0.1) is 12.7 Å². The summed E-state index contributed by atoms with van der Waals surface area (Å²) in [5.41, 5.74) is 2.23. The van der Waals surface area contributed by atoms with Crippen molar-refractivity contribution in [2.75, 3.05) is 0 Å². The number of carbonyl (C=O) groups is 2. The van der Waals surface area contributed by atoms with Gasteiger partial charge in [-0.05, 0) is 42.8 Å². The Morgan fingerprint density at radius 2 is 1.79 bits per heavy atom. The van der Waals surface area contributed by atoms with E-state index in [4.69, 9.17) is 0 Å². The molecule has 0 aliphatic heterocycles. The Labute approximate surface area is 198 Å². The first-order valence-electron chi connectivity index (χ1n) is 11.4. The number of halogens is 1. The molecule has 1 fully saturated rings. The summed E-state index contributed by atoms with van der Waals surface area (Å²) in [6.45, 7) is 2.22. The predicted molar refractivity (Wildman–Crippen MR) is 129 cm³/mol. The Hall–Kier alpha value is -2.99. The van der Waals surface area contributed by atoms with E-state index in [1.165, 1.54) is 22.3 Å². The van der Waals surface area contributed by atoms with Crippen molar-refractivity contribution in [3.05, 3.63) is 93.4 Å². The first-order chi connectivity index (χ1) is 16.0. The Bertz CT molecular complexity index is 1080. The number of aryl methyl sites for hydroxylation is 1.